The molecule has 78 valence electrons. The van der Waals surface area contributed by atoms with E-state index in [1.807, 2.05) is 0 Å². The van der Waals surface area contributed by atoms with Crippen LogP contribution in [0, 0.1) is 12.8 Å². The minimum absolute atomic E-state index is 0.222. The van der Waals surface area contributed by atoms with Gasteiger partial charge in [-0.15, -0.1) is 0 Å². The summed E-state index contributed by atoms with van der Waals surface area (Å²) in [5.41, 5.74) is 0. The fourth-order valence-corrected chi connectivity index (χ4v) is 2.40. The van der Waals surface area contributed by atoms with E-state index in [0.717, 1.165) is 26.1 Å². The molecule has 2 aliphatic rings. The van der Waals surface area contributed by atoms with Gasteiger partial charge in [0.05, 0.1) is 13.2 Å². The Kier molecular flexibility index (Phi) is 6.15. The predicted octanol–water partition coefficient (Wildman–Crippen LogP) is 2.99. The van der Waals surface area contributed by atoms with Gasteiger partial charge in [0.2, 0.25) is 0 Å². The summed E-state index contributed by atoms with van der Waals surface area (Å²) in [7, 11) is 0. The molecule has 0 aromatic rings. The number of ether oxygens (including phenoxy) is 2. The third-order valence-electron chi connectivity index (χ3n) is 3.07. The standard InChI is InChI=1S/C10H17O2.BrH.Zn/c1-2-9-5-3-4-6-10(9)11-7-8-12-10;;/h9H,1-8H2;1H;/q-1;;+2/p-1. The summed E-state index contributed by atoms with van der Waals surface area (Å²) in [6, 6.07) is 0. The van der Waals surface area contributed by atoms with Crippen molar-refractivity contribution in [3.8, 4) is 0 Å². The molecule has 1 spiro atoms. The Balaban J connectivity index is 0.000000461. The minimum atomic E-state index is -0.222. The van der Waals surface area contributed by atoms with E-state index >= 15 is 0 Å². The van der Waals surface area contributed by atoms with Gasteiger partial charge in [0.1, 0.15) is 0 Å². The fraction of sp³-hybridized carbons (Fsp3) is 0.900. The van der Waals surface area contributed by atoms with Crippen LogP contribution in [0.25, 0.3) is 0 Å². The van der Waals surface area contributed by atoms with Gasteiger partial charge in [-0.05, 0) is 18.8 Å². The Morgan fingerprint density at radius 2 is 1.93 bits per heavy atom. The van der Waals surface area contributed by atoms with Crippen molar-refractivity contribution in [2.75, 3.05) is 13.2 Å². The van der Waals surface area contributed by atoms with E-state index < -0.39 is 0 Å². The van der Waals surface area contributed by atoms with Crippen molar-refractivity contribution in [3.63, 3.8) is 0 Å². The van der Waals surface area contributed by atoms with Gasteiger partial charge in [-0.25, -0.2) is 0 Å². The van der Waals surface area contributed by atoms with Gasteiger partial charge in [0, 0.05) is 6.42 Å². The zero-order chi connectivity index (χ0) is 10.4. The molecule has 0 N–H and O–H groups in total. The van der Waals surface area contributed by atoms with Crippen molar-refractivity contribution in [1.82, 2.24) is 0 Å². The average Bonchev–Trinajstić information content (AvgIpc) is 2.71. The molecule has 1 saturated heterocycles. The van der Waals surface area contributed by atoms with Crippen molar-refractivity contribution in [3.05, 3.63) is 6.92 Å². The molecule has 2 nitrogen and oxygen atoms in total. The van der Waals surface area contributed by atoms with E-state index in [0.29, 0.717) is 5.92 Å². The molecule has 2 fully saturated rings. The van der Waals surface area contributed by atoms with E-state index in [1.165, 1.54) is 35.6 Å². The average molecular weight is 315 g/mol. The SMILES string of the molecule is [CH2-]CC1CCCCC12OCCO2.[Zn+][Br]. The predicted molar refractivity (Wildman–Crippen MR) is 55.5 cm³/mol. The monoisotopic (exact) mass is 312 g/mol. The van der Waals surface area contributed by atoms with Gasteiger partial charge in [-0.1, -0.05) is 6.42 Å². The first-order chi connectivity index (χ1) is 6.87. The molecular weight excluding hydrogens is 297 g/mol. The number of hydrogen-bond acceptors (Lipinski definition) is 2. The fourth-order valence-electron chi connectivity index (χ4n) is 2.40. The summed E-state index contributed by atoms with van der Waals surface area (Å²) in [6.07, 6.45) is 5.81. The van der Waals surface area contributed by atoms with Crippen LogP contribution in [0.3, 0.4) is 0 Å². The topological polar surface area (TPSA) is 18.5 Å². The number of hydrogen-bond donors (Lipinski definition) is 0. The van der Waals surface area contributed by atoms with Crippen molar-refractivity contribution in [2.45, 2.75) is 37.9 Å². The molecule has 1 heterocycles. The maximum atomic E-state index is 5.72. The molecule has 1 saturated carbocycles. The van der Waals surface area contributed by atoms with Crippen LogP contribution in [0.4, 0.5) is 0 Å². The quantitative estimate of drug-likeness (QED) is 0.547. The molecule has 1 aliphatic carbocycles. The number of halogens is 1. The molecule has 0 aromatic heterocycles. The van der Waals surface area contributed by atoms with Crippen LogP contribution in [-0.4, -0.2) is 19.0 Å². The van der Waals surface area contributed by atoms with Crippen molar-refractivity contribution in [1.29, 1.82) is 0 Å². The van der Waals surface area contributed by atoms with Crippen LogP contribution >= 0.6 is 13.6 Å². The number of rotatable bonds is 1. The van der Waals surface area contributed by atoms with Gasteiger partial charge in [-0.2, -0.15) is 6.42 Å². The van der Waals surface area contributed by atoms with Crippen molar-refractivity contribution in [2.24, 2.45) is 5.92 Å². The van der Waals surface area contributed by atoms with E-state index in [2.05, 4.69) is 20.5 Å². The second kappa shape index (κ2) is 6.57. The second-order valence-corrected chi connectivity index (χ2v) is 3.74. The zero-order valence-corrected chi connectivity index (χ0v) is 13.2. The molecule has 1 unspecified atom stereocenters. The summed E-state index contributed by atoms with van der Waals surface area (Å²) in [6.45, 7) is 5.52. The van der Waals surface area contributed by atoms with E-state index in [9.17, 15) is 0 Å². The van der Waals surface area contributed by atoms with E-state index in [4.69, 9.17) is 9.47 Å². The maximum absolute atomic E-state index is 5.72. The van der Waals surface area contributed by atoms with Gasteiger partial charge in [0.15, 0.2) is 5.79 Å². The Hall–Kier alpha value is 1.02. The van der Waals surface area contributed by atoms with Gasteiger partial charge < -0.3 is 16.4 Å². The van der Waals surface area contributed by atoms with Crippen molar-refractivity contribution >= 4 is 13.6 Å². The van der Waals surface area contributed by atoms with Gasteiger partial charge in [0.25, 0.3) is 0 Å². The van der Waals surface area contributed by atoms with Crippen LogP contribution in [0.5, 0.6) is 0 Å². The first kappa shape index (κ1) is 13.1. The molecule has 2 rings (SSSR count). The first-order valence-electron chi connectivity index (χ1n) is 5.21. The Labute approximate surface area is 103 Å². The summed E-state index contributed by atoms with van der Waals surface area (Å²) in [4.78, 5) is 0. The molecular formula is C10H17BrO2Zn. The molecule has 0 amide bonds. The van der Waals surface area contributed by atoms with Gasteiger partial charge in [-0.3, -0.25) is 0 Å². The zero-order valence-electron chi connectivity index (χ0n) is 8.64. The Bertz CT molecular complexity index is 160. The first-order valence-corrected chi connectivity index (χ1v) is 12.2. The normalized spacial score (nSPS) is 29.9. The van der Waals surface area contributed by atoms with Crippen LogP contribution in [0.15, 0.2) is 0 Å². The van der Waals surface area contributed by atoms with Crippen LogP contribution in [-0.2, 0) is 25.8 Å². The molecule has 1 aliphatic heterocycles. The molecule has 1 atom stereocenters. The molecule has 0 bridgehead atoms. The molecule has 0 aromatic carbocycles. The van der Waals surface area contributed by atoms with Gasteiger partial charge >= 0.3 is 30.0 Å². The second-order valence-electron chi connectivity index (χ2n) is 3.74. The third-order valence-corrected chi connectivity index (χ3v) is 3.07. The summed E-state index contributed by atoms with van der Waals surface area (Å²) in [5.74, 6) is 0.314. The summed E-state index contributed by atoms with van der Waals surface area (Å²) < 4.78 is 11.4. The third kappa shape index (κ3) is 2.78. The summed E-state index contributed by atoms with van der Waals surface area (Å²) >= 11 is 4.25. The Morgan fingerprint density at radius 3 is 2.50 bits per heavy atom. The van der Waals surface area contributed by atoms with Crippen LogP contribution < -0.4 is 0 Å². The van der Waals surface area contributed by atoms with Crippen molar-refractivity contribution < 1.29 is 25.8 Å². The molecule has 0 radical (unpaired) electrons. The van der Waals surface area contributed by atoms with E-state index in [-0.39, 0.29) is 5.79 Å². The molecule has 4 heteroatoms. The molecule has 14 heavy (non-hydrogen) atoms. The van der Waals surface area contributed by atoms with E-state index in [1.54, 1.807) is 0 Å². The van der Waals surface area contributed by atoms with Crippen LogP contribution in [0.2, 0.25) is 0 Å². The Morgan fingerprint density at radius 1 is 1.29 bits per heavy atom. The van der Waals surface area contributed by atoms with Crippen LogP contribution in [0.1, 0.15) is 32.1 Å². The summed E-state index contributed by atoms with van der Waals surface area (Å²) in [5, 5.41) is 0.